The van der Waals surface area contributed by atoms with Gasteiger partial charge >= 0.3 is 0 Å². The van der Waals surface area contributed by atoms with Crippen molar-refractivity contribution < 1.29 is 9.18 Å². The van der Waals surface area contributed by atoms with Crippen LogP contribution in [-0.2, 0) is 11.3 Å². The van der Waals surface area contributed by atoms with E-state index in [0.717, 1.165) is 54.6 Å². The van der Waals surface area contributed by atoms with Gasteiger partial charge in [-0.25, -0.2) is 4.39 Å². The molecule has 186 valence electrons. The van der Waals surface area contributed by atoms with Gasteiger partial charge in [0.25, 0.3) is 0 Å². The zero-order chi connectivity index (χ0) is 25.1. The standard InChI is InChI=1S/C30H33FN4O/c1-3-7-25-12-10-22-14-16-34(17-15-27(22)32-25)30(36)20-35-29(23-8-5-4-6-9-23)19-28(33-35)24-11-13-26(31)21(2)18-24/h4-6,8-11,13,18-19,25H,3,7,12,14-17,20H2,1-2H3. The molecule has 36 heavy (non-hydrogen) atoms. The van der Waals surface area contributed by atoms with Gasteiger partial charge in [0.2, 0.25) is 5.91 Å². The van der Waals surface area contributed by atoms with Crippen LogP contribution < -0.4 is 0 Å². The van der Waals surface area contributed by atoms with Crippen LogP contribution in [0.4, 0.5) is 4.39 Å². The summed E-state index contributed by atoms with van der Waals surface area (Å²) in [6.07, 6.45) is 7.28. The highest BCUT2D eigenvalue weighted by Crippen LogP contribution is 2.28. The summed E-state index contributed by atoms with van der Waals surface area (Å²) in [5.74, 6) is -0.179. The van der Waals surface area contributed by atoms with E-state index in [1.54, 1.807) is 23.7 Å². The Labute approximate surface area is 212 Å². The van der Waals surface area contributed by atoms with Crippen LogP contribution in [0.25, 0.3) is 22.5 Å². The first-order valence-corrected chi connectivity index (χ1v) is 13.0. The number of dihydropyridines is 1. The Hall–Kier alpha value is -3.54. The Kier molecular flexibility index (Phi) is 7.12. The molecule has 0 spiro atoms. The molecule has 1 amide bonds. The van der Waals surface area contributed by atoms with E-state index >= 15 is 0 Å². The highest BCUT2D eigenvalue weighted by atomic mass is 19.1. The van der Waals surface area contributed by atoms with E-state index in [4.69, 9.17) is 10.1 Å². The Bertz CT molecular complexity index is 1310. The lowest BCUT2D eigenvalue weighted by molar-refractivity contribution is -0.131. The van der Waals surface area contributed by atoms with Gasteiger partial charge in [-0.05, 0) is 67.2 Å². The number of halogens is 1. The lowest BCUT2D eigenvalue weighted by Gasteiger charge is -2.20. The first kappa shape index (κ1) is 24.2. The third-order valence-corrected chi connectivity index (χ3v) is 7.18. The summed E-state index contributed by atoms with van der Waals surface area (Å²) in [5.41, 5.74) is 6.51. The van der Waals surface area contributed by atoms with Crippen molar-refractivity contribution in [1.29, 1.82) is 0 Å². The van der Waals surface area contributed by atoms with E-state index in [-0.39, 0.29) is 18.3 Å². The largest absolute Gasteiger partial charge is 0.340 e. The monoisotopic (exact) mass is 484 g/mol. The molecule has 1 fully saturated rings. The van der Waals surface area contributed by atoms with Gasteiger partial charge in [-0.1, -0.05) is 49.8 Å². The summed E-state index contributed by atoms with van der Waals surface area (Å²) in [4.78, 5) is 20.4. The van der Waals surface area contributed by atoms with Crippen LogP contribution in [0.15, 0.2) is 71.2 Å². The normalized spacial score (nSPS) is 17.8. The van der Waals surface area contributed by atoms with Gasteiger partial charge in [0, 0.05) is 30.8 Å². The van der Waals surface area contributed by atoms with Crippen molar-refractivity contribution in [3.8, 4) is 22.5 Å². The fourth-order valence-corrected chi connectivity index (χ4v) is 5.15. The van der Waals surface area contributed by atoms with E-state index in [2.05, 4.69) is 13.0 Å². The quantitative estimate of drug-likeness (QED) is 0.417. The minimum atomic E-state index is -0.237. The maximum Gasteiger partial charge on any atom is 0.244 e. The number of nitrogens with zero attached hydrogens (tertiary/aromatic N) is 4. The van der Waals surface area contributed by atoms with E-state index in [1.165, 1.54) is 17.4 Å². The summed E-state index contributed by atoms with van der Waals surface area (Å²) in [7, 11) is 0. The number of carbonyl (C=O) groups excluding carboxylic acids is 1. The third kappa shape index (κ3) is 5.18. The Morgan fingerprint density at radius 1 is 1.06 bits per heavy atom. The minimum absolute atomic E-state index is 0.0575. The molecule has 1 aromatic heterocycles. The number of rotatable bonds is 6. The summed E-state index contributed by atoms with van der Waals surface area (Å²) in [5, 5.41) is 4.80. The van der Waals surface area contributed by atoms with Crippen LogP contribution in [0.5, 0.6) is 0 Å². The smallest absolute Gasteiger partial charge is 0.244 e. The maximum atomic E-state index is 13.9. The van der Waals surface area contributed by atoms with Gasteiger partial charge in [-0.15, -0.1) is 0 Å². The van der Waals surface area contributed by atoms with Crippen molar-refractivity contribution in [3.63, 3.8) is 0 Å². The molecule has 0 bridgehead atoms. The molecule has 1 saturated heterocycles. The third-order valence-electron chi connectivity index (χ3n) is 7.18. The van der Waals surface area contributed by atoms with Crippen LogP contribution >= 0.6 is 0 Å². The van der Waals surface area contributed by atoms with Gasteiger partial charge < -0.3 is 4.90 Å². The van der Waals surface area contributed by atoms with Crippen LogP contribution in [0, 0.1) is 12.7 Å². The molecule has 0 aliphatic carbocycles. The van der Waals surface area contributed by atoms with Crippen molar-refractivity contribution in [2.45, 2.75) is 58.5 Å². The van der Waals surface area contributed by atoms with Crippen LogP contribution in [0.3, 0.4) is 0 Å². The number of amides is 1. The molecule has 1 atom stereocenters. The van der Waals surface area contributed by atoms with Gasteiger partial charge in [0.15, 0.2) is 0 Å². The number of fused-ring (bicyclic) bond motifs is 1. The molecule has 0 N–H and O–H groups in total. The zero-order valence-corrected chi connectivity index (χ0v) is 21.1. The first-order valence-electron chi connectivity index (χ1n) is 13.0. The number of benzene rings is 2. The molecule has 2 aliphatic rings. The summed E-state index contributed by atoms with van der Waals surface area (Å²) >= 11 is 0. The fourth-order valence-electron chi connectivity index (χ4n) is 5.15. The first-order chi connectivity index (χ1) is 17.5. The Morgan fingerprint density at radius 3 is 2.64 bits per heavy atom. The van der Waals surface area contributed by atoms with Crippen molar-refractivity contribution in [3.05, 3.63) is 77.6 Å². The van der Waals surface area contributed by atoms with E-state index in [0.29, 0.717) is 24.7 Å². The van der Waals surface area contributed by atoms with Crippen molar-refractivity contribution in [2.75, 3.05) is 13.1 Å². The fraction of sp³-hybridized carbons (Fsp3) is 0.367. The number of aromatic nitrogens is 2. The average Bonchev–Trinajstić information content (AvgIpc) is 3.18. The van der Waals surface area contributed by atoms with Crippen LogP contribution in [-0.4, -0.2) is 45.4 Å². The summed E-state index contributed by atoms with van der Waals surface area (Å²) in [6.45, 7) is 5.50. The molecule has 5 rings (SSSR count). The zero-order valence-electron chi connectivity index (χ0n) is 21.1. The van der Waals surface area contributed by atoms with E-state index in [9.17, 15) is 9.18 Å². The SMILES string of the molecule is CCCC1CC=C2CCN(C(=O)Cn3nc(-c4ccc(F)c(C)c4)cc3-c3ccccc3)CCC2=N1. The number of likely N-dealkylation sites (tertiary alicyclic amines) is 1. The lowest BCUT2D eigenvalue weighted by atomic mass is 9.97. The topological polar surface area (TPSA) is 50.5 Å². The number of carbonyl (C=O) groups is 1. The van der Waals surface area contributed by atoms with E-state index in [1.807, 2.05) is 41.3 Å². The minimum Gasteiger partial charge on any atom is -0.340 e. The van der Waals surface area contributed by atoms with Gasteiger partial charge in [-0.2, -0.15) is 5.10 Å². The molecule has 2 aliphatic heterocycles. The molecule has 2 aromatic carbocycles. The summed E-state index contributed by atoms with van der Waals surface area (Å²) in [6, 6.07) is 17.4. The lowest BCUT2D eigenvalue weighted by Crippen LogP contribution is -2.35. The Morgan fingerprint density at radius 2 is 1.86 bits per heavy atom. The predicted octanol–water partition coefficient (Wildman–Crippen LogP) is 6.23. The average molecular weight is 485 g/mol. The number of hydrogen-bond acceptors (Lipinski definition) is 3. The Balaban J connectivity index is 1.38. The van der Waals surface area contributed by atoms with Crippen LogP contribution in [0.1, 0.15) is 44.6 Å². The highest BCUT2D eigenvalue weighted by molar-refractivity contribution is 6.01. The molecule has 0 saturated carbocycles. The van der Waals surface area contributed by atoms with Crippen LogP contribution in [0.2, 0.25) is 0 Å². The molecule has 3 heterocycles. The summed E-state index contributed by atoms with van der Waals surface area (Å²) < 4.78 is 15.6. The predicted molar refractivity (Wildman–Crippen MR) is 142 cm³/mol. The van der Waals surface area contributed by atoms with Crippen molar-refractivity contribution in [2.24, 2.45) is 4.99 Å². The number of hydrogen-bond donors (Lipinski definition) is 0. The van der Waals surface area contributed by atoms with Gasteiger partial charge in [-0.3, -0.25) is 14.5 Å². The van der Waals surface area contributed by atoms with Gasteiger partial charge in [0.05, 0.1) is 17.4 Å². The second-order valence-corrected chi connectivity index (χ2v) is 9.77. The van der Waals surface area contributed by atoms with Gasteiger partial charge in [0.1, 0.15) is 12.4 Å². The van der Waals surface area contributed by atoms with Crippen molar-refractivity contribution in [1.82, 2.24) is 14.7 Å². The number of aryl methyl sites for hydroxylation is 1. The van der Waals surface area contributed by atoms with E-state index < -0.39 is 0 Å². The highest BCUT2D eigenvalue weighted by Gasteiger charge is 2.25. The maximum absolute atomic E-state index is 13.9. The number of aliphatic imine (C=N–C) groups is 1. The van der Waals surface area contributed by atoms with Crippen molar-refractivity contribution >= 4 is 11.6 Å². The molecule has 1 unspecified atom stereocenters. The molecular weight excluding hydrogens is 451 g/mol. The molecule has 6 heteroatoms. The second-order valence-electron chi connectivity index (χ2n) is 9.77. The second kappa shape index (κ2) is 10.6. The molecular formula is C30H33FN4O. The molecule has 0 radical (unpaired) electrons. The molecule has 3 aromatic rings. The molecule has 5 nitrogen and oxygen atoms in total.